The molecule has 9 nitrogen and oxygen atoms in total. The molecule has 1 fully saturated rings. The van der Waals surface area contributed by atoms with Crippen molar-refractivity contribution in [3.8, 4) is 17.0 Å². The first-order valence-corrected chi connectivity index (χ1v) is 14.6. The minimum Gasteiger partial charge on any atom is -0.488 e. The van der Waals surface area contributed by atoms with Crippen LogP contribution >= 0.6 is 0 Å². The lowest BCUT2D eigenvalue weighted by Gasteiger charge is -2.27. The maximum absolute atomic E-state index is 13.7. The fourth-order valence-corrected chi connectivity index (χ4v) is 5.65. The molecule has 4 bridgehead atoms. The summed E-state index contributed by atoms with van der Waals surface area (Å²) in [5.41, 5.74) is 9.49. The molecule has 216 valence electrons. The maximum atomic E-state index is 13.7. The Morgan fingerprint density at radius 2 is 1.93 bits per heavy atom. The number of rotatable bonds is 5. The van der Waals surface area contributed by atoms with Crippen molar-refractivity contribution in [2.45, 2.75) is 76.5 Å². The third-order valence-corrected chi connectivity index (χ3v) is 7.85. The van der Waals surface area contributed by atoms with E-state index in [-0.39, 0.29) is 25.5 Å². The first-order valence-electron chi connectivity index (χ1n) is 14.6. The zero-order valence-electron chi connectivity index (χ0n) is 23.5. The first kappa shape index (κ1) is 28.4. The van der Waals surface area contributed by atoms with E-state index in [0.717, 1.165) is 66.2 Å². The van der Waals surface area contributed by atoms with Gasteiger partial charge in [0.15, 0.2) is 0 Å². The van der Waals surface area contributed by atoms with E-state index in [9.17, 15) is 14.4 Å². The van der Waals surface area contributed by atoms with Crippen molar-refractivity contribution in [3.63, 3.8) is 0 Å². The predicted octanol–water partition coefficient (Wildman–Crippen LogP) is 4.75. The van der Waals surface area contributed by atoms with E-state index in [1.165, 1.54) is 4.90 Å². The Labute approximate surface area is 240 Å². The number of fused-ring (bicyclic) bond motifs is 3. The van der Waals surface area contributed by atoms with Crippen molar-refractivity contribution in [2.24, 2.45) is 5.73 Å². The van der Waals surface area contributed by atoms with Gasteiger partial charge >= 0.3 is 6.09 Å². The van der Waals surface area contributed by atoms with Crippen molar-refractivity contribution in [3.05, 3.63) is 60.2 Å². The topological polar surface area (TPSA) is 124 Å². The van der Waals surface area contributed by atoms with Crippen molar-refractivity contribution < 1.29 is 23.9 Å². The Morgan fingerprint density at radius 3 is 2.71 bits per heavy atom. The Hall–Kier alpha value is -4.14. The Kier molecular flexibility index (Phi) is 9.01. The average molecular weight is 559 g/mol. The van der Waals surface area contributed by atoms with Gasteiger partial charge in [-0.1, -0.05) is 56.2 Å². The van der Waals surface area contributed by atoms with Gasteiger partial charge in [-0.3, -0.25) is 9.59 Å². The average Bonchev–Trinajstić information content (AvgIpc) is 3.41. The van der Waals surface area contributed by atoms with E-state index in [2.05, 4.69) is 17.4 Å². The molecule has 41 heavy (non-hydrogen) atoms. The fraction of sp³-hybridized carbons (Fsp3) is 0.438. The smallest absolute Gasteiger partial charge is 0.407 e. The summed E-state index contributed by atoms with van der Waals surface area (Å²) >= 11 is 0. The summed E-state index contributed by atoms with van der Waals surface area (Å²) in [5, 5.41) is 3.63. The third kappa shape index (κ3) is 6.78. The van der Waals surface area contributed by atoms with E-state index in [1.807, 2.05) is 49.4 Å². The molecule has 3 N–H and O–H groups in total. The van der Waals surface area contributed by atoms with Gasteiger partial charge in [0.2, 0.25) is 11.8 Å². The Bertz CT molecular complexity index is 1400. The number of aromatic nitrogens is 1. The molecule has 0 radical (unpaired) electrons. The molecule has 2 aromatic carbocycles. The van der Waals surface area contributed by atoms with Crippen LogP contribution in [0.3, 0.4) is 0 Å². The van der Waals surface area contributed by atoms with Gasteiger partial charge in [-0.15, -0.1) is 0 Å². The molecule has 2 aliphatic rings. The zero-order chi connectivity index (χ0) is 28.8. The quantitative estimate of drug-likeness (QED) is 0.466. The van der Waals surface area contributed by atoms with E-state index >= 15 is 0 Å². The second-order valence-electron chi connectivity index (χ2n) is 10.9. The molecule has 2 aliphatic heterocycles. The number of ether oxygens (including phenoxy) is 2. The summed E-state index contributed by atoms with van der Waals surface area (Å²) < 4.78 is 12.0. The highest BCUT2D eigenvalue weighted by molar-refractivity contribution is 5.92. The highest BCUT2D eigenvalue weighted by Crippen LogP contribution is 2.34. The van der Waals surface area contributed by atoms with Crippen LogP contribution in [0.15, 0.2) is 54.6 Å². The molecule has 0 spiro atoms. The molecule has 5 rings (SSSR count). The summed E-state index contributed by atoms with van der Waals surface area (Å²) in [6.45, 7) is 2.47. The van der Waals surface area contributed by atoms with Crippen LogP contribution in [-0.2, 0) is 20.7 Å². The SMILES string of the molecule is CCCC[C@@H]1NC(=O)OCCCCCc2ccc3nc(-c4ccccc4)cc(c3c2)O[C@@H]2C[C@@H](C(N)=O)N(C2)C1=O. The molecule has 0 saturated carbocycles. The number of nitrogens with two attached hydrogens (primary N) is 1. The highest BCUT2D eigenvalue weighted by Gasteiger charge is 2.42. The highest BCUT2D eigenvalue weighted by atomic mass is 16.5. The third-order valence-electron chi connectivity index (χ3n) is 7.85. The summed E-state index contributed by atoms with van der Waals surface area (Å²) in [4.78, 5) is 45.2. The lowest BCUT2D eigenvalue weighted by molar-refractivity contribution is -0.139. The van der Waals surface area contributed by atoms with Crippen molar-refractivity contribution in [2.75, 3.05) is 13.2 Å². The number of amides is 3. The van der Waals surface area contributed by atoms with E-state index in [4.69, 9.17) is 20.2 Å². The Balaban J connectivity index is 1.52. The van der Waals surface area contributed by atoms with Gasteiger partial charge in [-0.05, 0) is 49.8 Å². The number of primary amides is 1. The number of carbonyl (C=O) groups excluding carboxylic acids is 3. The minimum atomic E-state index is -0.839. The number of carbonyl (C=O) groups is 3. The van der Waals surface area contributed by atoms with Crippen molar-refractivity contribution in [1.82, 2.24) is 15.2 Å². The van der Waals surface area contributed by atoms with Crippen LogP contribution in [0.4, 0.5) is 4.79 Å². The molecule has 3 aromatic rings. The van der Waals surface area contributed by atoms with Gasteiger partial charge in [-0.25, -0.2) is 9.78 Å². The van der Waals surface area contributed by atoms with Gasteiger partial charge in [0, 0.05) is 23.4 Å². The van der Waals surface area contributed by atoms with E-state index in [0.29, 0.717) is 12.2 Å². The molecular weight excluding hydrogens is 520 g/mol. The van der Waals surface area contributed by atoms with Gasteiger partial charge < -0.3 is 25.4 Å². The Morgan fingerprint density at radius 1 is 1.10 bits per heavy atom. The number of aryl methyl sites for hydroxylation is 1. The van der Waals surface area contributed by atoms with Crippen LogP contribution in [0.1, 0.15) is 57.4 Å². The number of benzene rings is 2. The molecule has 3 heterocycles. The molecule has 3 amide bonds. The van der Waals surface area contributed by atoms with E-state index < -0.39 is 30.2 Å². The van der Waals surface area contributed by atoms with Crippen LogP contribution in [-0.4, -0.2) is 59.1 Å². The van der Waals surface area contributed by atoms with Crippen LogP contribution in [0, 0.1) is 0 Å². The molecule has 0 unspecified atom stereocenters. The second-order valence-corrected chi connectivity index (χ2v) is 10.9. The number of hydrogen-bond acceptors (Lipinski definition) is 6. The molecule has 1 saturated heterocycles. The normalized spacial score (nSPS) is 22.0. The van der Waals surface area contributed by atoms with Gasteiger partial charge in [0.1, 0.15) is 23.9 Å². The summed E-state index contributed by atoms with van der Waals surface area (Å²) in [6, 6.07) is 16.4. The number of pyridine rings is 1. The van der Waals surface area contributed by atoms with Crippen molar-refractivity contribution >= 4 is 28.8 Å². The lowest BCUT2D eigenvalue weighted by atomic mass is 10.0. The molecule has 9 heteroatoms. The van der Waals surface area contributed by atoms with Gasteiger partial charge in [-0.2, -0.15) is 0 Å². The summed E-state index contributed by atoms with van der Waals surface area (Å²) in [5.74, 6) is -0.291. The number of nitrogens with one attached hydrogen (secondary N) is 1. The molecular formula is C32H38N4O5. The largest absolute Gasteiger partial charge is 0.488 e. The molecule has 0 aliphatic carbocycles. The van der Waals surface area contributed by atoms with Gasteiger partial charge in [0.05, 0.1) is 24.4 Å². The van der Waals surface area contributed by atoms with Crippen LogP contribution in [0.2, 0.25) is 0 Å². The number of alkyl carbamates (subject to hydrolysis) is 1. The predicted molar refractivity (Wildman–Crippen MR) is 156 cm³/mol. The number of nitrogens with zero attached hydrogens (tertiary/aromatic N) is 2. The number of unbranched alkanes of at least 4 members (excludes halogenated alkanes) is 1. The standard InChI is InChI=1S/C32H38N4O5/c1-2-3-13-26-31(38)36-20-23(18-28(36)30(33)37)41-29-19-27(22-11-7-4-8-12-22)34-25-15-14-21(17-24(25)29)10-6-5-9-16-40-32(39)35-26/h4,7-8,11-12,14-15,17,19,23,26,28H,2-3,5-6,9-10,13,16,18,20H2,1H3,(H2,33,37)(H,35,39)/t23-,26+,28+/m1/s1. The summed E-state index contributed by atoms with van der Waals surface area (Å²) in [6.07, 6.45) is 4.64. The second kappa shape index (κ2) is 13.0. The van der Waals surface area contributed by atoms with Crippen LogP contribution in [0.25, 0.3) is 22.2 Å². The van der Waals surface area contributed by atoms with Crippen LogP contribution in [0.5, 0.6) is 5.75 Å². The van der Waals surface area contributed by atoms with E-state index in [1.54, 1.807) is 0 Å². The molecule has 1 aromatic heterocycles. The lowest BCUT2D eigenvalue weighted by Crippen LogP contribution is -2.53. The monoisotopic (exact) mass is 558 g/mol. The van der Waals surface area contributed by atoms with Crippen LogP contribution < -0.4 is 15.8 Å². The zero-order valence-corrected chi connectivity index (χ0v) is 23.5. The minimum absolute atomic E-state index is 0.177. The summed E-state index contributed by atoms with van der Waals surface area (Å²) in [7, 11) is 0. The maximum Gasteiger partial charge on any atom is 0.407 e. The number of cyclic esters (lactones) is 1. The molecule has 3 atom stereocenters. The fourth-order valence-electron chi connectivity index (χ4n) is 5.65. The first-order chi connectivity index (χ1) is 19.9. The number of hydrogen-bond donors (Lipinski definition) is 2. The van der Waals surface area contributed by atoms with Gasteiger partial charge in [0.25, 0.3) is 0 Å². The van der Waals surface area contributed by atoms with Crippen molar-refractivity contribution in [1.29, 1.82) is 0 Å².